The first-order chi connectivity index (χ1) is 11.1. The van der Waals surface area contributed by atoms with E-state index in [1.165, 1.54) is 0 Å². The summed E-state index contributed by atoms with van der Waals surface area (Å²) in [5, 5.41) is 3.90. The lowest BCUT2D eigenvalue weighted by Crippen LogP contribution is -2.35. The van der Waals surface area contributed by atoms with Crippen molar-refractivity contribution in [1.82, 2.24) is 14.8 Å². The number of carbonyl (C=O) groups is 2. The predicted molar refractivity (Wildman–Crippen MR) is 90.5 cm³/mol. The van der Waals surface area contributed by atoms with Gasteiger partial charge in [0.25, 0.3) is 5.91 Å². The molecule has 1 aliphatic heterocycles. The van der Waals surface area contributed by atoms with Crippen LogP contribution in [0.2, 0.25) is 0 Å². The standard InChI is InChI=1S/C18H23N3O2/c1-13(2)21-11-8-14-15(5-3-6-16(14)21)18(23)19-9-12-20-10-4-7-17(20)22/h3,5-6,8,11,13H,4,7,9-10,12H2,1-2H3,(H,19,23). The van der Waals surface area contributed by atoms with Crippen molar-refractivity contribution in [3.8, 4) is 0 Å². The van der Waals surface area contributed by atoms with Gasteiger partial charge in [0.05, 0.1) is 0 Å². The number of rotatable bonds is 5. The highest BCUT2D eigenvalue weighted by Gasteiger charge is 2.20. The lowest BCUT2D eigenvalue weighted by molar-refractivity contribution is -0.127. The van der Waals surface area contributed by atoms with Crippen molar-refractivity contribution < 1.29 is 9.59 Å². The van der Waals surface area contributed by atoms with Gasteiger partial charge in [0, 0.05) is 54.8 Å². The van der Waals surface area contributed by atoms with E-state index in [4.69, 9.17) is 0 Å². The van der Waals surface area contributed by atoms with Crippen LogP contribution in [-0.4, -0.2) is 40.9 Å². The largest absolute Gasteiger partial charge is 0.350 e. The maximum atomic E-state index is 12.5. The lowest BCUT2D eigenvalue weighted by Gasteiger charge is -2.16. The average Bonchev–Trinajstić information content (AvgIpc) is 3.13. The summed E-state index contributed by atoms with van der Waals surface area (Å²) in [6, 6.07) is 8.15. The highest BCUT2D eigenvalue weighted by Crippen LogP contribution is 2.23. The third-order valence-corrected chi connectivity index (χ3v) is 4.40. The van der Waals surface area contributed by atoms with Crippen LogP contribution in [0.1, 0.15) is 43.1 Å². The third kappa shape index (κ3) is 3.09. The lowest BCUT2D eigenvalue weighted by atomic mass is 10.1. The second-order valence-electron chi connectivity index (χ2n) is 6.30. The van der Waals surface area contributed by atoms with E-state index in [9.17, 15) is 9.59 Å². The molecule has 122 valence electrons. The molecule has 0 radical (unpaired) electrons. The van der Waals surface area contributed by atoms with Gasteiger partial charge in [-0.15, -0.1) is 0 Å². The summed E-state index contributed by atoms with van der Waals surface area (Å²) < 4.78 is 2.16. The summed E-state index contributed by atoms with van der Waals surface area (Å²) in [7, 11) is 0. The molecule has 0 bridgehead atoms. The Kier molecular flexibility index (Phi) is 4.37. The monoisotopic (exact) mass is 313 g/mol. The highest BCUT2D eigenvalue weighted by atomic mass is 16.2. The van der Waals surface area contributed by atoms with Gasteiger partial charge in [0.1, 0.15) is 0 Å². The Bertz CT molecular complexity index is 733. The number of likely N-dealkylation sites (tertiary alicyclic amines) is 1. The van der Waals surface area contributed by atoms with E-state index in [0.29, 0.717) is 31.1 Å². The van der Waals surface area contributed by atoms with Crippen LogP contribution in [0.15, 0.2) is 30.5 Å². The Hall–Kier alpha value is -2.30. The van der Waals surface area contributed by atoms with Gasteiger partial charge in [-0.3, -0.25) is 9.59 Å². The topological polar surface area (TPSA) is 54.3 Å². The van der Waals surface area contributed by atoms with Crippen molar-refractivity contribution in [2.45, 2.75) is 32.7 Å². The number of aromatic nitrogens is 1. The second-order valence-corrected chi connectivity index (χ2v) is 6.30. The molecular weight excluding hydrogens is 290 g/mol. The highest BCUT2D eigenvalue weighted by molar-refractivity contribution is 6.06. The van der Waals surface area contributed by atoms with Crippen molar-refractivity contribution in [3.63, 3.8) is 0 Å². The summed E-state index contributed by atoms with van der Waals surface area (Å²) in [6.07, 6.45) is 3.58. The minimum atomic E-state index is -0.0799. The fourth-order valence-electron chi connectivity index (χ4n) is 3.18. The number of hydrogen-bond acceptors (Lipinski definition) is 2. The number of hydrogen-bond donors (Lipinski definition) is 1. The van der Waals surface area contributed by atoms with E-state index >= 15 is 0 Å². The maximum absolute atomic E-state index is 12.5. The molecule has 0 spiro atoms. The SMILES string of the molecule is CC(C)n1ccc2c(C(=O)NCCN3CCCC3=O)cccc21. The molecule has 5 heteroatoms. The van der Waals surface area contributed by atoms with Gasteiger partial charge >= 0.3 is 0 Å². The van der Waals surface area contributed by atoms with Crippen LogP contribution in [0.4, 0.5) is 0 Å². The predicted octanol–water partition coefficient (Wildman–Crippen LogP) is 2.57. The molecule has 1 aromatic carbocycles. The van der Waals surface area contributed by atoms with Gasteiger partial charge in [0.2, 0.25) is 5.91 Å². The average molecular weight is 313 g/mol. The van der Waals surface area contributed by atoms with Crippen LogP contribution in [0.5, 0.6) is 0 Å². The zero-order valence-electron chi connectivity index (χ0n) is 13.7. The van der Waals surface area contributed by atoms with E-state index in [0.717, 1.165) is 23.9 Å². The molecule has 0 aliphatic carbocycles. The third-order valence-electron chi connectivity index (χ3n) is 4.40. The first kappa shape index (κ1) is 15.6. The Morgan fingerprint density at radius 2 is 2.13 bits per heavy atom. The Morgan fingerprint density at radius 1 is 1.30 bits per heavy atom. The summed E-state index contributed by atoms with van der Waals surface area (Å²) in [5.74, 6) is 0.110. The van der Waals surface area contributed by atoms with Crippen LogP contribution in [0.25, 0.3) is 10.9 Å². The summed E-state index contributed by atoms with van der Waals surface area (Å²) in [4.78, 5) is 25.9. The van der Waals surface area contributed by atoms with Crippen LogP contribution in [0, 0.1) is 0 Å². The fourth-order valence-corrected chi connectivity index (χ4v) is 3.18. The zero-order valence-corrected chi connectivity index (χ0v) is 13.7. The van der Waals surface area contributed by atoms with Crippen molar-refractivity contribution in [2.75, 3.05) is 19.6 Å². The van der Waals surface area contributed by atoms with Gasteiger partial charge < -0.3 is 14.8 Å². The molecule has 5 nitrogen and oxygen atoms in total. The van der Waals surface area contributed by atoms with Crippen molar-refractivity contribution in [1.29, 1.82) is 0 Å². The van der Waals surface area contributed by atoms with Crippen LogP contribution in [0.3, 0.4) is 0 Å². The van der Waals surface area contributed by atoms with Crippen molar-refractivity contribution in [3.05, 3.63) is 36.0 Å². The van der Waals surface area contributed by atoms with E-state index in [-0.39, 0.29) is 11.8 Å². The number of amides is 2. The molecule has 1 N–H and O–H groups in total. The molecule has 23 heavy (non-hydrogen) atoms. The minimum Gasteiger partial charge on any atom is -0.350 e. The first-order valence-corrected chi connectivity index (χ1v) is 8.23. The van der Waals surface area contributed by atoms with Gasteiger partial charge in [-0.05, 0) is 38.5 Å². The van der Waals surface area contributed by atoms with E-state index in [1.54, 1.807) is 0 Å². The molecule has 0 saturated carbocycles. The van der Waals surface area contributed by atoms with E-state index in [2.05, 4.69) is 23.7 Å². The molecular formula is C18H23N3O2. The quantitative estimate of drug-likeness (QED) is 0.922. The van der Waals surface area contributed by atoms with Crippen LogP contribution in [-0.2, 0) is 4.79 Å². The molecule has 2 amide bonds. The van der Waals surface area contributed by atoms with E-state index in [1.807, 2.05) is 35.4 Å². The minimum absolute atomic E-state index is 0.0799. The number of benzene rings is 1. The smallest absolute Gasteiger partial charge is 0.252 e. The molecule has 3 rings (SSSR count). The fraction of sp³-hybridized carbons (Fsp3) is 0.444. The van der Waals surface area contributed by atoms with Crippen LogP contribution < -0.4 is 5.32 Å². The molecule has 2 heterocycles. The normalized spacial score (nSPS) is 14.9. The Morgan fingerprint density at radius 3 is 2.83 bits per heavy atom. The van der Waals surface area contributed by atoms with Crippen molar-refractivity contribution in [2.24, 2.45) is 0 Å². The summed E-state index contributed by atoms with van der Waals surface area (Å²) in [5.41, 5.74) is 1.76. The summed E-state index contributed by atoms with van der Waals surface area (Å²) >= 11 is 0. The molecule has 1 fully saturated rings. The van der Waals surface area contributed by atoms with Crippen LogP contribution >= 0.6 is 0 Å². The molecule has 1 aliphatic rings. The zero-order chi connectivity index (χ0) is 16.4. The van der Waals surface area contributed by atoms with Gasteiger partial charge in [-0.1, -0.05) is 6.07 Å². The Balaban J connectivity index is 1.70. The van der Waals surface area contributed by atoms with E-state index < -0.39 is 0 Å². The number of nitrogens with zero attached hydrogens (tertiary/aromatic N) is 2. The number of nitrogens with one attached hydrogen (secondary N) is 1. The maximum Gasteiger partial charge on any atom is 0.252 e. The molecule has 0 unspecified atom stereocenters. The first-order valence-electron chi connectivity index (χ1n) is 8.23. The molecule has 0 atom stereocenters. The second kappa shape index (κ2) is 6.44. The van der Waals surface area contributed by atoms with Crippen molar-refractivity contribution >= 4 is 22.7 Å². The number of carbonyl (C=O) groups excluding carboxylic acids is 2. The molecule has 1 aromatic heterocycles. The molecule has 2 aromatic rings. The van der Waals surface area contributed by atoms with Gasteiger partial charge in [0.15, 0.2) is 0 Å². The van der Waals surface area contributed by atoms with Gasteiger partial charge in [-0.25, -0.2) is 0 Å². The Labute approximate surface area is 136 Å². The molecule has 1 saturated heterocycles. The van der Waals surface area contributed by atoms with Gasteiger partial charge in [-0.2, -0.15) is 0 Å². The summed E-state index contributed by atoms with van der Waals surface area (Å²) in [6.45, 7) is 6.14. The number of fused-ring (bicyclic) bond motifs is 1.